The van der Waals surface area contributed by atoms with Crippen LogP contribution in [-0.4, -0.2) is 31.2 Å². The molecule has 0 rings (SSSR count). The summed E-state index contributed by atoms with van der Waals surface area (Å²) >= 11 is 0. The monoisotopic (exact) mass is 403 g/mol. The predicted octanol–water partition coefficient (Wildman–Crippen LogP) is 5.42. The fourth-order valence-electron chi connectivity index (χ4n) is 3.17. The summed E-state index contributed by atoms with van der Waals surface area (Å²) in [6.07, 6.45) is 20.3. The standard InChI is InChI=1S/C21H41NO4S/c1-2-21(23)22-19-17-15-13-11-9-7-5-3-4-6-8-10-12-14-16-18-20-27(24,25)26/h2H,1,3-20H2,(H,22,23)(H,24,25,26). The molecule has 0 saturated heterocycles. The molecule has 0 atom stereocenters. The summed E-state index contributed by atoms with van der Waals surface area (Å²) in [5.74, 6) is -0.174. The fraction of sp³-hybridized carbons (Fsp3) is 0.857. The first-order chi connectivity index (χ1) is 13.0. The topological polar surface area (TPSA) is 83.5 Å². The van der Waals surface area contributed by atoms with Gasteiger partial charge in [-0.05, 0) is 18.9 Å². The normalized spacial score (nSPS) is 11.4. The summed E-state index contributed by atoms with van der Waals surface area (Å²) in [5, 5.41) is 2.80. The highest BCUT2D eigenvalue weighted by Gasteiger charge is 2.02. The molecule has 0 spiro atoms. The maximum absolute atomic E-state index is 11.0. The summed E-state index contributed by atoms with van der Waals surface area (Å²) in [6, 6.07) is 0. The van der Waals surface area contributed by atoms with E-state index in [2.05, 4.69) is 11.9 Å². The molecule has 0 aliphatic rings. The van der Waals surface area contributed by atoms with Crippen LogP contribution in [0.2, 0.25) is 0 Å². The van der Waals surface area contributed by atoms with Gasteiger partial charge in [-0.25, -0.2) is 0 Å². The molecule has 6 heteroatoms. The molecule has 0 unspecified atom stereocenters. The Morgan fingerprint density at radius 1 is 0.704 bits per heavy atom. The van der Waals surface area contributed by atoms with Gasteiger partial charge in [0.1, 0.15) is 0 Å². The van der Waals surface area contributed by atoms with Crippen molar-refractivity contribution in [1.29, 1.82) is 0 Å². The van der Waals surface area contributed by atoms with Crippen molar-refractivity contribution >= 4 is 16.0 Å². The Balaban J connectivity index is 3.09. The molecule has 0 saturated carbocycles. The summed E-state index contributed by atoms with van der Waals surface area (Å²) in [6.45, 7) is 4.19. The summed E-state index contributed by atoms with van der Waals surface area (Å²) in [4.78, 5) is 11.0. The second-order valence-electron chi connectivity index (χ2n) is 7.44. The Kier molecular flexibility index (Phi) is 17.9. The van der Waals surface area contributed by atoms with Gasteiger partial charge in [-0.15, -0.1) is 0 Å². The van der Waals surface area contributed by atoms with Gasteiger partial charge in [0.15, 0.2) is 0 Å². The zero-order valence-electron chi connectivity index (χ0n) is 17.1. The van der Waals surface area contributed by atoms with Gasteiger partial charge in [0.05, 0.1) is 5.75 Å². The Labute approximate surface area is 167 Å². The lowest BCUT2D eigenvalue weighted by Gasteiger charge is -2.04. The average Bonchev–Trinajstić information content (AvgIpc) is 2.62. The van der Waals surface area contributed by atoms with Crippen molar-refractivity contribution in [1.82, 2.24) is 5.32 Å². The molecule has 27 heavy (non-hydrogen) atoms. The third-order valence-electron chi connectivity index (χ3n) is 4.81. The van der Waals surface area contributed by atoms with Crippen LogP contribution in [0.1, 0.15) is 103 Å². The lowest BCUT2D eigenvalue weighted by molar-refractivity contribution is -0.116. The van der Waals surface area contributed by atoms with Crippen molar-refractivity contribution in [3.8, 4) is 0 Å². The van der Waals surface area contributed by atoms with Gasteiger partial charge in [-0.1, -0.05) is 96.5 Å². The molecule has 0 radical (unpaired) electrons. The van der Waals surface area contributed by atoms with Crippen LogP contribution in [-0.2, 0) is 14.9 Å². The van der Waals surface area contributed by atoms with E-state index < -0.39 is 10.1 Å². The molecule has 0 heterocycles. The van der Waals surface area contributed by atoms with Crippen LogP contribution in [0.3, 0.4) is 0 Å². The Bertz CT molecular complexity index is 463. The summed E-state index contributed by atoms with van der Waals surface area (Å²) in [5.41, 5.74) is 0. The van der Waals surface area contributed by atoms with Crippen molar-refractivity contribution in [3.05, 3.63) is 12.7 Å². The van der Waals surface area contributed by atoms with Gasteiger partial charge in [-0.2, -0.15) is 8.42 Å². The molecular weight excluding hydrogens is 362 g/mol. The van der Waals surface area contributed by atoms with Gasteiger partial charge < -0.3 is 5.32 Å². The number of carbonyl (C=O) groups is 1. The SMILES string of the molecule is C=CC(=O)NCCCCCCCCCCCCCCCCCCS(=O)(=O)O. The van der Waals surface area contributed by atoms with E-state index in [0.29, 0.717) is 6.42 Å². The lowest BCUT2D eigenvalue weighted by atomic mass is 10.0. The molecule has 0 aromatic rings. The number of carbonyl (C=O) groups excluding carboxylic acids is 1. The van der Waals surface area contributed by atoms with Crippen LogP contribution in [0.15, 0.2) is 12.7 Å². The summed E-state index contributed by atoms with van der Waals surface area (Å²) < 4.78 is 29.8. The fourth-order valence-corrected chi connectivity index (χ4v) is 3.74. The van der Waals surface area contributed by atoms with Gasteiger partial charge in [0, 0.05) is 6.54 Å². The highest BCUT2D eigenvalue weighted by molar-refractivity contribution is 7.85. The first-order valence-electron chi connectivity index (χ1n) is 10.8. The minimum absolute atomic E-state index is 0.0781. The number of unbranched alkanes of at least 4 members (excludes halogenated alkanes) is 15. The van der Waals surface area contributed by atoms with E-state index in [1.807, 2.05) is 0 Å². The Morgan fingerprint density at radius 2 is 1.04 bits per heavy atom. The zero-order chi connectivity index (χ0) is 20.2. The van der Waals surface area contributed by atoms with Crippen molar-refractivity contribution < 1.29 is 17.8 Å². The smallest absolute Gasteiger partial charge is 0.264 e. The van der Waals surface area contributed by atoms with E-state index in [1.54, 1.807) is 0 Å². The van der Waals surface area contributed by atoms with Gasteiger partial charge in [0.2, 0.25) is 5.91 Å². The Morgan fingerprint density at radius 3 is 1.37 bits per heavy atom. The van der Waals surface area contributed by atoms with Crippen LogP contribution in [0.5, 0.6) is 0 Å². The second-order valence-corrected chi connectivity index (χ2v) is 9.01. The van der Waals surface area contributed by atoms with E-state index in [1.165, 1.54) is 83.1 Å². The maximum Gasteiger partial charge on any atom is 0.264 e. The predicted molar refractivity (Wildman–Crippen MR) is 113 cm³/mol. The van der Waals surface area contributed by atoms with Crippen LogP contribution >= 0.6 is 0 Å². The van der Waals surface area contributed by atoms with Crippen molar-refractivity contribution in [3.63, 3.8) is 0 Å². The van der Waals surface area contributed by atoms with Gasteiger partial charge in [-0.3, -0.25) is 9.35 Å². The molecular formula is C21H41NO4S. The van der Waals surface area contributed by atoms with E-state index in [-0.39, 0.29) is 11.7 Å². The molecule has 0 fully saturated rings. The average molecular weight is 404 g/mol. The molecule has 0 aromatic carbocycles. The van der Waals surface area contributed by atoms with Crippen molar-refractivity contribution in [2.75, 3.05) is 12.3 Å². The molecule has 0 aliphatic heterocycles. The molecule has 2 N–H and O–H groups in total. The zero-order valence-corrected chi connectivity index (χ0v) is 17.9. The van der Waals surface area contributed by atoms with E-state index >= 15 is 0 Å². The highest BCUT2D eigenvalue weighted by Crippen LogP contribution is 2.13. The third kappa shape index (κ3) is 23.1. The molecule has 1 amide bonds. The lowest BCUT2D eigenvalue weighted by Crippen LogP contribution is -2.21. The number of rotatable bonds is 20. The van der Waals surface area contributed by atoms with Gasteiger partial charge >= 0.3 is 0 Å². The van der Waals surface area contributed by atoms with E-state index in [9.17, 15) is 13.2 Å². The molecule has 0 bridgehead atoms. The van der Waals surface area contributed by atoms with E-state index in [4.69, 9.17) is 4.55 Å². The van der Waals surface area contributed by atoms with Crippen LogP contribution in [0, 0.1) is 0 Å². The van der Waals surface area contributed by atoms with Gasteiger partial charge in [0.25, 0.3) is 10.1 Å². The number of amides is 1. The number of nitrogens with one attached hydrogen (secondary N) is 1. The minimum atomic E-state index is -3.77. The van der Waals surface area contributed by atoms with Crippen molar-refractivity contribution in [2.24, 2.45) is 0 Å². The molecule has 0 aliphatic carbocycles. The largest absolute Gasteiger partial charge is 0.353 e. The first-order valence-corrected chi connectivity index (χ1v) is 12.4. The summed E-state index contributed by atoms with van der Waals surface area (Å²) in [7, 11) is -3.77. The maximum atomic E-state index is 11.0. The quantitative estimate of drug-likeness (QED) is 0.161. The van der Waals surface area contributed by atoms with Crippen LogP contribution in [0.25, 0.3) is 0 Å². The van der Waals surface area contributed by atoms with Crippen LogP contribution < -0.4 is 5.32 Å². The third-order valence-corrected chi connectivity index (χ3v) is 5.62. The Hall–Kier alpha value is -0.880. The van der Waals surface area contributed by atoms with Crippen LogP contribution in [0.4, 0.5) is 0 Å². The number of hydrogen-bond donors (Lipinski definition) is 2. The minimum Gasteiger partial charge on any atom is -0.353 e. The molecule has 5 nitrogen and oxygen atoms in total. The number of hydrogen-bond acceptors (Lipinski definition) is 3. The molecule has 0 aromatic heterocycles. The second kappa shape index (κ2) is 18.5. The van der Waals surface area contributed by atoms with Crippen molar-refractivity contribution in [2.45, 2.75) is 103 Å². The van der Waals surface area contributed by atoms with E-state index in [0.717, 1.165) is 25.8 Å². The first kappa shape index (κ1) is 26.1. The highest BCUT2D eigenvalue weighted by atomic mass is 32.2. The molecule has 160 valence electrons.